The Hall–Kier alpha value is -3.56. The normalized spacial score (nSPS) is 12.0. The highest BCUT2D eigenvalue weighted by atomic mass is 35.5. The fourth-order valence-corrected chi connectivity index (χ4v) is 5.94. The van der Waals surface area contributed by atoms with E-state index in [2.05, 4.69) is 39.7 Å². The van der Waals surface area contributed by atoms with Crippen LogP contribution in [0.25, 0.3) is 5.65 Å². The smallest absolute Gasteiger partial charge is 0.265 e. The molecule has 4 rings (SSSR count). The molecule has 3 N–H and O–H groups in total. The van der Waals surface area contributed by atoms with Crippen molar-refractivity contribution in [2.24, 2.45) is 0 Å². The highest BCUT2D eigenvalue weighted by molar-refractivity contribution is 6.34. The zero-order valence-electron chi connectivity index (χ0n) is 28.3. The van der Waals surface area contributed by atoms with Gasteiger partial charge in [0.15, 0.2) is 17.6 Å². The third-order valence-electron chi connectivity index (χ3n) is 8.51. The molecule has 1 unspecified atom stereocenters. The number of hydrogen-bond acceptors (Lipinski definition) is 6. The van der Waals surface area contributed by atoms with Gasteiger partial charge in [0.2, 0.25) is 0 Å². The number of anilines is 1. The molecule has 2 aromatic carbocycles. The summed E-state index contributed by atoms with van der Waals surface area (Å²) in [6.07, 6.45) is 14.9. The first-order valence-electron chi connectivity index (χ1n) is 17.4. The van der Waals surface area contributed by atoms with Crippen molar-refractivity contribution >= 4 is 28.8 Å². The lowest BCUT2D eigenvalue weighted by atomic mass is 10.0. The standard InChI is InChI=1S/C37H52ClN5O4/c1-4-5-6-7-8-9-10-11-12-13-16-33(47-32-23-22-31(26-27(32)2)46-25-24-44)37(45)39-30-20-18-29(19-21-30)15-14-17-34-40-41-36-35(38)28(3)42-43(34)36/h18-23,26,33,42,44H,4-17,24-25H2,1-3H3,(H,39,45). The quantitative estimate of drug-likeness (QED) is 0.0725. The molecule has 1 atom stereocenters. The maximum atomic E-state index is 13.5. The van der Waals surface area contributed by atoms with Crippen LogP contribution in [-0.4, -0.2) is 50.1 Å². The summed E-state index contributed by atoms with van der Waals surface area (Å²) in [7, 11) is 0. The summed E-state index contributed by atoms with van der Waals surface area (Å²) in [6.45, 7) is 6.30. The second-order valence-electron chi connectivity index (χ2n) is 12.4. The minimum absolute atomic E-state index is 0.0465. The maximum absolute atomic E-state index is 13.5. The van der Waals surface area contributed by atoms with Gasteiger partial charge >= 0.3 is 0 Å². The lowest BCUT2D eigenvalue weighted by Crippen LogP contribution is -2.33. The first kappa shape index (κ1) is 36.3. The molecule has 1 amide bonds. The van der Waals surface area contributed by atoms with E-state index in [0.29, 0.717) is 28.6 Å². The van der Waals surface area contributed by atoms with Crippen molar-refractivity contribution in [3.8, 4) is 11.5 Å². The van der Waals surface area contributed by atoms with Gasteiger partial charge in [-0.2, -0.15) is 0 Å². The second-order valence-corrected chi connectivity index (χ2v) is 12.8. The second kappa shape index (κ2) is 19.3. The number of aliphatic hydroxyl groups excluding tert-OH is 1. The Balaban J connectivity index is 1.29. The van der Waals surface area contributed by atoms with Crippen LogP contribution in [0.5, 0.6) is 11.5 Å². The van der Waals surface area contributed by atoms with Gasteiger partial charge in [-0.25, -0.2) is 4.52 Å². The average Bonchev–Trinajstić information content (AvgIpc) is 3.59. The van der Waals surface area contributed by atoms with Crippen LogP contribution in [0.15, 0.2) is 42.5 Å². The highest BCUT2D eigenvalue weighted by Gasteiger charge is 2.22. The molecule has 0 fully saturated rings. The predicted octanol–water partition coefficient (Wildman–Crippen LogP) is 8.57. The first-order valence-corrected chi connectivity index (χ1v) is 17.8. The molecule has 0 aliphatic rings. The SMILES string of the molecule is CCCCCCCCCCCCC(Oc1ccc(OCCO)cc1C)C(=O)Nc1ccc(CCCc2nnc3c(Cl)c(C)[nH]n23)cc1. The Bertz CT molecular complexity index is 1520. The van der Waals surface area contributed by atoms with E-state index < -0.39 is 6.10 Å². The minimum Gasteiger partial charge on any atom is -0.491 e. The molecular formula is C37H52ClN5O4. The summed E-state index contributed by atoms with van der Waals surface area (Å²) < 4.78 is 13.7. The Morgan fingerprint density at radius 1 is 0.936 bits per heavy atom. The van der Waals surface area contributed by atoms with E-state index >= 15 is 0 Å². The predicted molar refractivity (Wildman–Crippen MR) is 189 cm³/mol. The number of aryl methyl sites for hydroxylation is 4. The number of unbranched alkanes of at least 4 members (excludes halogenated alkanes) is 9. The fourth-order valence-electron chi connectivity index (χ4n) is 5.77. The van der Waals surface area contributed by atoms with Gasteiger partial charge in [0.1, 0.15) is 23.1 Å². The Morgan fingerprint density at radius 3 is 2.32 bits per heavy atom. The third kappa shape index (κ3) is 11.3. The molecule has 256 valence electrons. The summed E-state index contributed by atoms with van der Waals surface area (Å²) in [5.41, 5.74) is 4.35. The number of ether oxygens (including phenoxy) is 2. The molecular weight excluding hydrogens is 614 g/mol. The monoisotopic (exact) mass is 665 g/mol. The zero-order chi connectivity index (χ0) is 33.4. The summed E-state index contributed by atoms with van der Waals surface area (Å²) >= 11 is 6.28. The zero-order valence-corrected chi connectivity index (χ0v) is 29.1. The maximum Gasteiger partial charge on any atom is 0.265 e. The fraction of sp³-hybridized carbons (Fsp3) is 0.541. The molecule has 0 spiro atoms. The molecule has 10 heteroatoms. The van der Waals surface area contributed by atoms with Crippen LogP contribution in [0, 0.1) is 13.8 Å². The van der Waals surface area contributed by atoms with E-state index in [1.54, 1.807) is 0 Å². The van der Waals surface area contributed by atoms with E-state index in [4.69, 9.17) is 26.2 Å². The number of amides is 1. The number of hydrogen-bond donors (Lipinski definition) is 3. The number of nitrogens with zero attached hydrogens (tertiary/aromatic N) is 3. The van der Waals surface area contributed by atoms with Gasteiger partial charge in [-0.3, -0.25) is 9.89 Å². The van der Waals surface area contributed by atoms with Crippen LogP contribution in [-0.2, 0) is 17.6 Å². The van der Waals surface area contributed by atoms with E-state index in [1.807, 2.05) is 48.7 Å². The molecule has 9 nitrogen and oxygen atoms in total. The van der Waals surface area contributed by atoms with Crippen LogP contribution in [0.2, 0.25) is 5.02 Å². The number of H-pyrrole nitrogens is 1. The van der Waals surface area contributed by atoms with E-state index in [0.717, 1.165) is 54.9 Å². The van der Waals surface area contributed by atoms with E-state index in [-0.39, 0.29) is 19.1 Å². The molecule has 47 heavy (non-hydrogen) atoms. The molecule has 4 aromatic rings. The van der Waals surface area contributed by atoms with E-state index in [1.165, 1.54) is 56.9 Å². The summed E-state index contributed by atoms with van der Waals surface area (Å²) in [5.74, 6) is 2.03. The van der Waals surface area contributed by atoms with Gasteiger partial charge in [0.25, 0.3) is 5.91 Å². The number of aromatic nitrogens is 4. The number of rotatable bonds is 22. The van der Waals surface area contributed by atoms with Crippen molar-refractivity contribution in [2.45, 2.75) is 117 Å². The highest BCUT2D eigenvalue weighted by Crippen LogP contribution is 2.26. The molecule has 0 saturated carbocycles. The van der Waals surface area contributed by atoms with Crippen LogP contribution in [0.1, 0.15) is 107 Å². The average molecular weight is 666 g/mol. The van der Waals surface area contributed by atoms with Crippen LogP contribution in [0.3, 0.4) is 0 Å². The summed E-state index contributed by atoms with van der Waals surface area (Å²) in [6, 6.07) is 13.5. The van der Waals surface area contributed by atoms with Crippen molar-refractivity contribution in [2.75, 3.05) is 18.5 Å². The number of halogens is 1. The van der Waals surface area contributed by atoms with Gasteiger partial charge in [0, 0.05) is 12.1 Å². The number of fused-ring (bicyclic) bond motifs is 1. The van der Waals surface area contributed by atoms with Gasteiger partial charge in [-0.05, 0) is 81.0 Å². The van der Waals surface area contributed by atoms with Crippen molar-refractivity contribution in [3.63, 3.8) is 0 Å². The van der Waals surface area contributed by atoms with Crippen molar-refractivity contribution < 1.29 is 19.4 Å². The number of aliphatic hydroxyl groups is 1. The number of carbonyl (C=O) groups is 1. The molecule has 0 saturated heterocycles. The third-order valence-corrected chi connectivity index (χ3v) is 8.96. The number of nitrogens with one attached hydrogen (secondary N) is 2. The number of aromatic amines is 1. The Labute approximate surface area is 284 Å². The molecule has 2 aromatic heterocycles. The summed E-state index contributed by atoms with van der Waals surface area (Å²) in [4.78, 5) is 13.5. The first-order chi connectivity index (χ1) is 22.9. The van der Waals surface area contributed by atoms with Crippen molar-refractivity contribution in [3.05, 3.63) is 70.1 Å². The van der Waals surface area contributed by atoms with Gasteiger partial charge in [-0.15, -0.1) is 10.2 Å². The van der Waals surface area contributed by atoms with Gasteiger partial charge < -0.3 is 19.9 Å². The van der Waals surface area contributed by atoms with Crippen molar-refractivity contribution in [1.82, 2.24) is 19.8 Å². The molecule has 0 bridgehead atoms. The minimum atomic E-state index is -0.614. The largest absolute Gasteiger partial charge is 0.491 e. The van der Waals surface area contributed by atoms with Gasteiger partial charge in [0.05, 0.1) is 12.3 Å². The van der Waals surface area contributed by atoms with E-state index in [9.17, 15) is 4.79 Å². The Kier molecular flexibility index (Phi) is 14.9. The van der Waals surface area contributed by atoms with Crippen molar-refractivity contribution in [1.29, 1.82) is 0 Å². The molecule has 0 aliphatic carbocycles. The number of benzene rings is 2. The lowest BCUT2D eigenvalue weighted by molar-refractivity contribution is -0.123. The molecule has 0 aliphatic heterocycles. The van der Waals surface area contributed by atoms with Crippen LogP contribution < -0.4 is 14.8 Å². The van der Waals surface area contributed by atoms with Crippen LogP contribution in [0.4, 0.5) is 5.69 Å². The van der Waals surface area contributed by atoms with Gasteiger partial charge in [-0.1, -0.05) is 88.4 Å². The summed E-state index contributed by atoms with van der Waals surface area (Å²) in [5, 5.41) is 24.4. The lowest BCUT2D eigenvalue weighted by Gasteiger charge is -2.20. The topological polar surface area (TPSA) is 114 Å². The number of carbonyl (C=O) groups excluding carboxylic acids is 1. The molecule has 2 heterocycles. The van der Waals surface area contributed by atoms with Crippen LogP contribution >= 0.6 is 11.6 Å². The molecule has 0 radical (unpaired) electrons. The Morgan fingerprint density at radius 2 is 1.64 bits per heavy atom.